The van der Waals surface area contributed by atoms with Gasteiger partial charge in [0.25, 0.3) is 0 Å². The van der Waals surface area contributed by atoms with Gasteiger partial charge in [-0.1, -0.05) is 0 Å². The van der Waals surface area contributed by atoms with Crippen molar-refractivity contribution < 1.29 is 13.9 Å². The summed E-state index contributed by atoms with van der Waals surface area (Å²) in [5, 5.41) is 2.51. The highest BCUT2D eigenvalue weighted by atomic mass is 19.1. The molecule has 0 aromatic carbocycles. The molecule has 17 heavy (non-hydrogen) atoms. The fourth-order valence-electron chi connectivity index (χ4n) is 1.66. The maximum atomic E-state index is 13.3. The zero-order valence-corrected chi connectivity index (χ0v) is 9.44. The van der Waals surface area contributed by atoms with Gasteiger partial charge < -0.3 is 15.8 Å². The maximum Gasteiger partial charge on any atom is 0.234 e. The summed E-state index contributed by atoms with van der Waals surface area (Å²) < 4.78 is 18.5. The third-order valence-corrected chi connectivity index (χ3v) is 3.06. The molecule has 1 fully saturated rings. The molecule has 0 radical (unpaired) electrons. The van der Waals surface area contributed by atoms with Gasteiger partial charge in [-0.3, -0.25) is 9.78 Å². The molecule has 2 heterocycles. The minimum atomic E-state index is -0.824. The van der Waals surface area contributed by atoms with Crippen LogP contribution in [-0.4, -0.2) is 30.1 Å². The summed E-state index contributed by atoms with van der Waals surface area (Å²) in [5.41, 5.74) is 5.09. The van der Waals surface area contributed by atoms with E-state index in [2.05, 4.69) is 10.3 Å². The lowest BCUT2D eigenvalue weighted by Gasteiger charge is -2.25. The standard InChI is InChI=1S/C11H14FN3O2/c1-11(6-17-5-9(11)13)10(16)15-8-2-3-14-4-7(8)12/h2-4,9H,5-6,13H2,1H3,(H,14,15,16). The minimum absolute atomic E-state index is 0.102. The summed E-state index contributed by atoms with van der Waals surface area (Å²) in [6.45, 7) is 2.29. The van der Waals surface area contributed by atoms with Crippen LogP contribution in [0.15, 0.2) is 18.5 Å². The smallest absolute Gasteiger partial charge is 0.234 e. The van der Waals surface area contributed by atoms with Gasteiger partial charge in [0.1, 0.15) is 0 Å². The fourth-order valence-corrected chi connectivity index (χ4v) is 1.66. The Bertz CT molecular complexity index is 440. The molecule has 0 saturated carbocycles. The van der Waals surface area contributed by atoms with Crippen molar-refractivity contribution in [2.45, 2.75) is 13.0 Å². The van der Waals surface area contributed by atoms with Crippen LogP contribution < -0.4 is 11.1 Å². The van der Waals surface area contributed by atoms with Crippen molar-refractivity contribution in [1.82, 2.24) is 4.98 Å². The first-order valence-corrected chi connectivity index (χ1v) is 5.28. The van der Waals surface area contributed by atoms with E-state index in [0.717, 1.165) is 6.20 Å². The Morgan fingerprint density at radius 1 is 1.76 bits per heavy atom. The Morgan fingerprint density at radius 2 is 2.53 bits per heavy atom. The van der Waals surface area contributed by atoms with Gasteiger partial charge in [0.15, 0.2) is 5.82 Å². The number of nitrogens with zero attached hydrogens (tertiary/aromatic N) is 1. The number of amides is 1. The quantitative estimate of drug-likeness (QED) is 0.789. The first-order valence-electron chi connectivity index (χ1n) is 5.28. The van der Waals surface area contributed by atoms with Crippen LogP contribution in [0.4, 0.5) is 10.1 Å². The van der Waals surface area contributed by atoms with Crippen LogP contribution in [0.3, 0.4) is 0 Å². The lowest BCUT2D eigenvalue weighted by Crippen LogP contribution is -2.47. The molecule has 1 aromatic heterocycles. The average Bonchev–Trinajstić information content (AvgIpc) is 2.64. The second kappa shape index (κ2) is 4.38. The van der Waals surface area contributed by atoms with Gasteiger partial charge in [-0.15, -0.1) is 0 Å². The number of rotatable bonds is 2. The molecule has 2 atom stereocenters. The Labute approximate surface area is 98.2 Å². The molecule has 2 unspecified atom stereocenters. The number of ether oxygens (including phenoxy) is 1. The number of pyridine rings is 1. The number of aromatic nitrogens is 1. The number of hydrogen-bond acceptors (Lipinski definition) is 4. The average molecular weight is 239 g/mol. The van der Waals surface area contributed by atoms with Crippen molar-refractivity contribution in [3.8, 4) is 0 Å². The van der Waals surface area contributed by atoms with E-state index in [1.54, 1.807) is 6.92 Å². The molecular weight excluding hydrogens is 225 g/mol. The van der Waals surface area contributed by atoms with E-state index in [-0.39, 0.29) is 24.2 Å². The Hall–Kier alpha value is -1.53. The molecule has 92 valence electrons. The van der Waals surface area contributed by atoms with Gasteiger partial charge in [-0.05, 0) is 13.0 Å². The second-order valence-corrected chi connectivity index (χ2v) is 4.35. The molecule has 1 aliphatic rings. The molecule has 0 bridgehead atoms. The number of nitrogens with two attached hydrogens (primary N) is 1. The Balaban J connectivity index is 2.15. The first-order chi connectivity index (χ1) is 8.04. The van der Waals surface area contributed by atoms with Crippen molar-refractivity contribution in [2.24, 2.45) is 11.1 Å². The fraction of sp³-hybridized carbons (Fsp3) is 0.455. The SMILES string of the molecule is CC1(C(=O)Nc2ccncc2F)COCC1N. The molecule has 1 amide bonds. The van der Waals surface area contributed by atoms with Gasteiger partial charge in [0.05, 0.1) is 30.5 Å². The third kappa shape index (κ3) is 2.13. The first kappa shape index (κ1) is 11.9. The highest BCUT2D eigenvalue weighted by molar-refractivity contribution is 5.96. The Morgan fingerprint density at radius 3 is 3.12 bits per heavy atom. The number of carbonyl (C=O) groups excluding carboxylic acids is 1. The van der Waals surface area contributed by atoms with E-state index in [0.29, 0.717) is 6.61 Å². The predicted molar refractivity (Wildman–Crippen MR) is 59.7 cm³/mol. The number of hydrogen-bond donors (Lipinski definition) is 2. The van der Waals surface area contributed by atoms with Gasteiger partial charge in [-0.2, -0.15) is 0 Å². The molecular formula is C11H14FN3O2. The molecule has 5 nitrogen and oxygen atoms in total. The molecule has 0 aliphatic carbocycles. The van der Waals surface area contributed by atoms with Gasteiger partial charge >= 0.3 is 0 Å². The zero-order valence-electron chi connectivity index (χ0n) is 9.44. The largest absolute Gasteiger partial charge is 0.379 e. The van der Waals surface area contributed by atoms with E-state index in [4.69, 9.17) is 10.5 Å². The van der Waals surface area contributed by atoms with Crippen LogP contribution in [-0.2, 0) is 9.53 Å². The lowest BCUT2D eigenvalue weighted by atomic mass is 9.85. The number of anilines is 1. The van der Waals surface area contributed by atoms with Crippen LogP contribution in [0.1, 0.15) is 6.92 Å². The van der Waals surface area contributed by atoms with Crippen LogP contribution >= 0.6 is 0 Å². The van der Waals surface area contributed by atoms with Crippen molar-refractivity contribution in [2.75, 3.05) is 18.5 Å². The summed E-state index contributed by atoms with van der Waals surface area (Å²) in [6.07, 6.45) is 2.45. The number of nitrogens with one attached hydrogen (secondary N) is 1. The highest BCUT2D eigenvalue weighted by Crippen LogP contribution is 2.28. The highest BCUT2D eigenvalue weighted by Gasteiger charge is 2.44. The molecule has 1 aromatic rings. The van der Waals surface area contributed by atoms with Gasteiger partial charge in [0.2, 0.25) is 5.91 Å². The normalized spacial score (nSPS) is 28.1. The zero-order chi connectivity index (χ0) is 12.5. The second-order valence-electron chi connectivity index (χ2n) is 4.35. The van der Waals surface area contributed by atoms with E-state index < -0.39 is 11.2 Å². The van der Waals surface area contributed by atoms with Crippen molar-refractivity contribution >= 4 is 11.6 Å². The molecule has 6 heteroatoms. The number of carbonyl (C=O) groups is 1. The van der Waals surface area contributed by atoms with Crippen LogP contribution in [0.5, 0.6) is 0 Å². The minimum Gasteiger partial charge on any atom is -0.379 e. The molecule has 1 saturated heterocycles. The summed E-state index contributed by atoms with van der Waals surface area (Å²) in [7, 11) is 0. The lowest BCUT2D eigenvalue weighted by molar-refractivity contribution is -0.125. The van der Waals surface area contributed by atoms with Crippen LogP contribution in [0.25, 0.3) is 0 Å². The van der Waals surface area contributed by atoms with E-state index >= 15 is 0 Å². The maximum absolute atomic E-state index is 13.3. The van der Waals surface area contributed by atoms with E-state index in [1.807, 2.05) is 0 Å². The third-order valence-electron chi connectivity index (χ3n) is 3.06. The van der Waals surface area contributed by atoms with Crippen LogP contribution in [0, 0.1) is 11.2 Å². The molecule has 0 spiro atoms. The van der Waals surface area contributed by atoms with Crippen LogP contribution in [0.2, 0.25) is 0 Å². The van der Waals surface area contributed by atoms with Crippen molar-refractivity contribution in [3.05, 3.63) is 24.3 Å². The summed E-state index contributed by atoms with van der Waals surface area (Å²) in [6, 6.07) is 1.02. The van der Waals surface area contributed by atoms with Crippen molar-refractivity contribution in [1.29, 1.82) is 0 Å². The number of halogens is 1. The van der Waals surface area contributed by atoms with E-state index in [9.17, 15) is 9.18 Å². The Kier molecular flexibility index (Phi) is 3.08. The van der Waals surface area contributed by atoms with E-state index in [1.165, 1.54) is 12.3 Å². The van der Waals surface area contributed by atoms with Gasteiger partial charge in [-0.25, -0.2) is 4.39 Å². The summed E-state index contributed by atoms with van der Waals surface area (Å²) in [5.74, 6) is -0.912. The summed E-state index contributed by atoms with van der Waals surface area (Å²) >= 11 is 0. The van der Waals surface area contributed by atoms with Crippen molar-refractivity contribution in [3.63, 3.8) is 0 Å². The molecule has 2 rings (SSSR count). The molecule has 1 aliphatic heterocycles. The predicted octanol–water partition coefficient (Wildman–Crippen LogP) is 0.523. The monoisotopic (exact) mass is 239 g/mol. The molecule has 3 N–H and O–H groups in total. The van der Waals surface area contributed by atoms with Gasteiger partial charge in [0, 0.05) is 12.2 Å². The topological polar surface area (TPSA) is 77.2 Å². The summed E-state index contributed by atoms with van der Waals surface area (Å²) in [4.78, 5) is 15.6.